The maximum atomic E-state index is 5.44. The molecule has 0 aliphatic carbocycles. The van der Waals surface area contributed by atoms with Crippen LogP contribution in [-0.4, -0.2) is 50.4 Å². The molecule has 3 heterocycles. The Bertz CT molecular complexity index is 842. The van der Waals surface area contributed by atoms with Gasteiger partial charge in [0.15, 0.2) is 17.5 Å². The van der Waals surface area contributed by atoms with E-state index in [-0.39, 0.29) is 24.0 Å². The molecule has 0 saturated carbocycles. The van der Waals surface area contributed by atoms with Crippen LogP contribution < -0.4 is 20.1 Å². The fourth-order valence-corrected chi connectivity index (χ4v) is 4.55. The zero-order valence-corrected chi connectivity index (χ0v) is 20.1. The number of nitrogens with one attached hydrogen (secondary N) is 2. The summed E-state index contributed by atoms with van der Waals surface area (Å²) in [7, 11) is 1.82. The van der Waals surface area contributed by atoms with E-state index in [4.69, 9.17) is 9.47 Å². The Morgan fingerprint density at radius 3 is 2.97 bits per heavy atom. The average molecular weight is 528 g/mol. The minimum Gasteiger partial charge on any atom is -0.454 e. The number of thiophene rings is 1. The fraction of sp³-hybridized carbons (Fsp3) is 0.476. The van der Waals surface area contributed by atoms with E-state index in [0.29, 0.717) is 12.8 Å². The zero-order chi connectivity index (χ0) is 19.3. The molecule has 0 radical (unpaired) electrons. The lowest BCUT2D eigenvalue weighted by molar-refractivity contribution is 0.174. The third kappa shape index (κ3) is 5.55. The van der Waals surface area contributed by atoms with Crippen molar-refractivity contribution in [1.82, 2.24) is 15.5 Å². The summed E-state index contributed by atoms with van der Waals surface area (Å²) in [5.41, 5.74) is 2.72. The number of benzene rings is 1. The van der Waals surface area contributed by atoms with Gasteiger partial charge in [-0.1, -0.05) is 6.07 Å². The monoisotopic (exact) mass is 528 g/mol. The van der Waals surface area contributed by atoms with Crippen LogP contribution in [0.15, 0.2) is 34.6 Å². The number of hydrogen-bond donors (Lipinski definition) is 2. The van der Waals surface area contributed by atoms with Crippen LogP contribution in [0.4, 0.5) is 0 Å². The van der Waals surface area contributed by atoms with E-state index in [1.807, 2.05) is 24.5 Å². The molecule has 1 aromatic heterocycles. The quantitative estimate of drug-likeness (QED) is 0.343. The number of guanidine groups is 1. The third-order valence-corrected chi connectivity index (χ3v) is 6.42. The van der Waals surface area contributed by atoms with Gasteiger partial charge >= 0.3 is 0 Å². The van der Waals surface area contributed by atoms with Crippen LogP contribution in [0.3, 0.4) is 0 Å². The largest absolute Gasteiger partial charge is 0.454 e. The minimum absolute atomic E-state index is 0. The van der Waals surface area contributed by atoms with Gasteiger partial charge in [0, 0.05) is 44.1 Å². The van der Waals surface area contributed by atoms with Gasteiger partial charge in [-0.15, -0.1) is 35.3 Å². The van der Waals surface area contributed by atoms with Gasteiger partial charge in [0.25, 0.3) is 0 Å². The number of hydrogen-bond acceptors (Lipinski definition) is 5. The molecule has 4 rings (SSSR count). The van der Waals surface area contributed by atoms with Crippen LogP contribution in [0.25, 0.3) is 0 Å². The highest BCUT2D eigenvalue weighted by molar-refractivity contribution is 14.0. The normalized spacial score (nSPS) is 16.7. The lowest BCUT2D eigenvalue weighted by Crippen LogP contribution is -2.47. The summed E-state index contributed by atoms with van der Waals surface area (Å²) in [6, 6.07) is 8.84. The minimum atomic E-state index is 0. The standard InChI is InChI=1S/C21H28N4O2S.HI/c1-15(25-9-6-20-17(13-25)7-10-28-20)12-24-21(22-2)23-8-5-16-3-4-18-19(11-16)27-14-26-18;/h3-4,7,10-11,15H,5-6,8-9,12-14H2,1-2H3,(H2,22,23,24);1H. The average Bonchev–Trinajstić information content (AvgIpc) is 3.38. The highest BCUT2D eigenvalue weighted by atomic mass is 127. The number of rotatable bonds is 6. The first-order chi connectivity index (χ1) is 13.7. The van der Waals surface area contributed by atoms with Crippen LogP contribution in [-0.2, 0) is 19.4 Å². The highest BCUT2D eigenvalue weighted by Gasteiger charge is 2.21. The first kappa shape index (κ1) is 22.2. The predicted octanol–water partition coefficient (Wildman–Crippen LogP) is 3.25. The van der Waals surface area contributed by atoms with Crippen molar-refractivity contribution in [2.45, 2.75) is 32.4 Å². The van der Waals surface area contributed by atoms with Crippen LogP contribution in [0, 0.1) is 0 Å². The first-order valence-electron chi connectivity index (χ1n) is 9.85. The van der Waals surface area contributed by atoms with Crippen molar-refractivity contribution in [1.29, 1.82) is 0 Å². The van der Waals surface area contributed by atoms with Crippen molar-refractivity contribution in [2.24, 2.45) is 4.99 Å². The van der Waals surface area contributed by atoms with Gasteiger partial charge in [-0.25, -0.2) is 0 Å². The summed E-state index contributed by atoms with van der Waals surface area (Å²) in [5.74, 6) is 2.51. The van der Waals surface area contributed by atoms with E-state index in [9.17, 15) is 0 Å². The van der Waals surface area contributed by atoms with Gasteiger partial charge in [0.2, 0.25) is 6.79 Å². The lowest BCUT2D eigenvalue weighted by Gasteiger charge is -2.32. The van der Waals surface area contributed by atoms with Crippen molar-refractivity contribution in [2.75, 3.05) is 33.5 Å². The SMILES string of the molecule is CN=C(NCCc1ccc2c(c1)OCO2)NCC(C)N1CCc2sccc2C1.I. The fourth-order valence-electron chi connectivity index (χ4n) is 3.66. The summed E-state index contributed by atoms with van der Waals surface area (Å²) >= 11 is 1.89. The molecule has 2 N–H and O–H groups in total. The van der Waals surface area contributed by atoms with Crippen molar-refractivity contribution in [3.63, 3.8) is 0 Å². The van der Waals surface area contributed by atoms with Crippen LogP contribution in [0.5, 0.6) is 11.5 Å². The van der Waals surface area contributed by atoms with Gasteiger partial charge in [0.1, 0.15) is 0 Å². The van der Waals surface area contributed by atoms with Crippen molar-refractivity contribution in [3.05, 3.63) is 45.6 Å². The second-order valence-corrected chi connectivity index (χ2v) is 8.26. The molecule has 0 amide bonds. The molecular weight excluding hydrogens is 499 g/mol. The summed E-state index contributed by atoms with van der Waals surface area (Å²) in [4.78, 5) is 8.45. The molecule has 0 bridgehead atoms. The Morgan fingerprint density at radius 2 is 2.10 bits per heavy atom. The first-order valence-corrected chi connectivity index (χ1v) is 10.7. The highest BCUT2D eigenvalue weighted by Crippen LogP contribution is 2.32. The van der Waals surface area contributed by atoms with Gasteiger partial charge in [0.05, 0.1) is 0 Å². The topological polar surface area (TPSA) is 58.1 Å². The number of fused-ring (bicyclic) bond motifs is 2. The second kappa shape index (κ2) is 10.5. The maximum Gasteiger partial charge on any atom is 0.231 e. The van der Waals surface area contributed by atoms with E-state index < -0.39 is 0 Å². The number of nitrogens with zero attached hydrogens (tertiary/aromatic N) is 2. The predicted molar refractivity (Wildman–Crippen MR) is 129 cm³/mol. The molecular formula is C21H29IN4O2S. The number of aliphatic imine (C=N–C) groups is 1. The van der Waals surface area contributed by atoms with Crippen LogP contribution >= 0.6 is 35.3 Å². The molecule has 0 fully saturated rings. The maximum absolute atomic E-state index is 5.44. The lowest BCUT2D eigenvalue weighted by atomic mass is 10.1. The van der Waals surface area contributed by atoms with Crippen molar-refractivity contribution < 1.29 is 9.47 Å². The molecule has 1 unspecified atom stereocenters. The summed E-state index contributed by atoms with van der Waals surface area (Å²) in [6.07, 6.45) is 2.07. The zero-order valence-electron chi connectivity index (χ0n) is 16.9. The molecule has 2 aromatic rings. The second-order valence-electron chi connectivity index (χ2n) is 7.26. The van der Waals surface area contributed by atoms with E-state index in [1.54, 1.807) is 4.88 Å². The Labute approximate surface area is 193 Å². The van der Waals surface area contributed by atoms with Crippen molar-refractivity contribution >= 4 is 41.3 Å². The van der Waals surface area contributed by atoms with Gasteiger partial charge in [-0.05, 0) is 54.5 Å². The van der Waals surface area contributed by atoms with Crippen molar-refractivity contribution in [3.8, 4) is 11.5 Å². The molecule has 1 aromatic carbocycles. The molecule has 2 aliphatic rings. The van der Waals surface area contributed by atoms with Crippen LogP contribution in [0.2, 0.25) is 0 Å². The molecule has 6 nitrogen and oxygen atoms in total. The smallest absolute Gasteiger partial charge is 0.231 e. The summed E-state index contributed by atoms with van der Waals surface area (Å²) in [5, 5.41) is 9.08. The third-order valence-electron chi connectivity index (χ3n) is 5.39. The number of halogens is 1. The Morgan fingerprint density at radius 1 is 1.24 bits per heavy atom. The van der Waals surface area contributed by atoms with E-state index in [0.717, 1.165) is 50.1 Å². The molecule has 29 heavy (non-hydrogen) atoms. The molecule has 8 heteroatoms. The van der Waals surface area contributed by atoms with Gasteiger partial charge in [-0.2, -0.15) is 0 Å². The molecule has 2 aliphatic heterocycles. The van der Waals surface area contributed by atoms with Gasteiger partial charge < -0.3 is 20.1 Å². The number of ether oxygens (including phenoxy) is 2. The van der Waals surface area contributed by atoms with E-state index in [2.05, 4.69) is 51.0 Å². The van der Waals surface area contributed by atoms with E-state index in [1.165, 1.54) is 17.5 Å². The van der Waals surface area contributed by atoms with Gasteiger partial charge in [-0.3, -0.25) is 9.89 Å². The Hall–Kier alpha value is -1.52. The molecule has 158 valence electrons. The summed E-state index contributed by atoms with van der Waals surface area (Å²) in [6.45, 7) is 6.48. The molecule has 0 spiro atoms. The Kier molecular flexibility index (Phi) is 8.02. The summed E-state index contributed by atoms with van der Waals surface area (Å²) < 4.78 is 10.8. The molecule has 0 saturated heterocycles. The molecule has 1 atom stereocenters. The van der Waals surface area contributed by atoms with Crippen LogP contribution in [0.1, 0.15) is 22.9 Å². The Balaban J connectivity index is 0.00000240. The van der Waals surface area contributed by atoms with E-state index >= 15 is 0 Å².